The maximum atomic E-state index is 5.57. The lowest BCUT2D eigenvalue weighted by atomic mass is 10.1. The topological polar surface area (TPSA) is 90.7 Å². The zero-order valence-corrected chi connectivity index (χ0v) is 10.3. The molecule has 3 rings (SSSR count). The van der Waals surface area contributed by atoms with E-state index in [1.807, 2.05) is 13.0 Å². The lowest BCUT2D eigenvalue weighted by molar-refractivity contribution is 0.431. The first-order valence-corrected chi connectivity index (χ1v) is 6.08. The number of rotatable bonds is 2. The van der Waals surface area contributed by atoms with E-state index in [9.17, 15) is 0 Å². The van der Waals surface area contributed by atoms with Gasteiger partial charge in [0, 0.05) is 23.3 Å². The van der Waals surface area contributed by atoms with Crippen LogP contribution in [0.1, 0.15) is 5.56 Å². The number of thiazole rings is 1. The van der Waals surface area contributed by atoms with Gasteiger partial charge in [0.2, 0.25) is 5.82 Å². The van der Waals surface area contributed by atoms with Crippen LogP contribution in [0.3, 0.4) is 0 Å². The average Bonchev–Trinajstić information content (AvgIpc) is 2.98. The summed E-state index contributed by atoms with van der Waals surface area (Å²) in [6.07, 6.45) is 3.43. The van der Waals surface area contributed by atoms with E-state index in [1.165, 1.54) is 11.3 Å². The van der Waals surface area contributed by atoms with Crippen LogP contribution >= 0.6 is 11.3 Å². The van der Waals surface area contributed by atoms with Gasteiger partial charge in [-0.15, -0.1) is 11.3 Å². The highest BCUT2D eigenvalue weighted by molar-refractivity contribution is 7.13. The highest BCUT2D eigenvalue weighted by atomic mass is 32.1. The largest absolute Gasteiger partial charge is 0.375 e. The minimum absolute atomic E-state index is 0.362. The second-order valence-corrected chi connectivity index (χ2v) is 4.57. The van der Waals surface area contributed by atoms with Crippen LogP contribution in [0, 0.1) is 6.92 Å². The smallest absolute Gasteiger partial charge is 0.277 e. The van der Waals surface area contributed by atoms with Crippen molar-refractivity contribution in [1.82, 2.24) is 20.1 Å². The Kier molecular flexibility index (Phi) is 2.52. The van der Waals surface area contributed by atoms with Gasteiger partial charge in [-0.05, 0) is 18.6 Å². The van der Waals surface area contributed by atoms with Crippen LogP contribution in [-0.2, 0) is 0 Å². The third-order valence-corrected chi connectivity index (χ3v) is 3.12. The van der Waals surface area contributed by atoms with Gasteiger partial charge in [-0.1, -0.05) is 5.16 Å². The molecule has 0 aliphatic heterocycles. The SMILES string of the molecule is Cc1ccncc1-c1noc(-c2csc(N)n2)n1. The van der Waals surface area contributed by atoms with Gasteiger partial charge < -0.3 is 10.3 Å². The van der Waals surface area contributed by atoms with Crippen LogP contribution < -0.4 is 5.73 Å². The summed E-state index contributed by atoms with van der Waals surface area (Å²) in [6.45, 7) is 1.97. The van der Waals surface area contributed by atoms with Crippen molar-refractivity contribution in [3.63, 3.8) is 0 Å². The fourth-order valence-corrected chi connectivity index (χ4v) is 2.06. The summed E-state index contributed by atoms with van der Waals surface area (Å²) in [5, 5.41) is 6.19. The molecule has 6 nitrogen and oxygen atoms in total. The number of nitrogens with zero attached hydrogens (tertiary/aromatic N) is 4. The predicted octanol–water partition coefficient (Wildman–Crippen LogP) is 2.15. The summed E-state index contributed by atoms with van der Waals surface area (Å²) in [5.41, 5.74) is 8.04. The first kappa shape index (κ1) is 10.8. The number of nitrogen functional groups attached to an aromatic ring is 1. The minimum atomic E-state index is 0.362. The zero-order valence-electron chi connectivity index (χ0n) is 9.49. The van der Waals surface area contributed by atoms with Gasteiger partial charge in [0.25, 0.3) is 5.89 Å². The van der Waals surface area contributed by atoms with Crippen molar-refractivity contribution in [1.29, 1.82) is 0 Å². The third-order valence-electron chi connectivity index (χ3n) is 2.45. The van der Waals surface area contributed by atoms with Crippen molar-refractivity contribution < 1.29 is 4.52 Å². The maximum absolute atomic E-state index is 5.57. The Morgan fingerprint density at radius 2 is 2.22 bits per heavy atom. The Morgan fingerprint density at radius 3 is 2.94 bits per heavy atom. The molecule has 0 spiro atoms. The molecule has 0 bridgehead atoms. The van der Waals surface area contributed by atoms with Crippen molar-refractivity contribution in [2.24, 2.45) is 0 Å². The monoisotopic (exact) mass is 259 g/mol. The van der Waals surface area contributed by atoms with Gasteiger partial charge in [-0.25, -0.2) is 4.98 Å². The van der Waals surface area contributed by atoms with E-state index in [4.69, 9.17) is 10.3 Å². The van der Waals surface area contributed by atoms with E-state index in [1.54, 1.807) is 17.8 Å². The number of pyridine rings is 1. The fourth-order valence-electron chi connectivity index (χ4n) is 1.52. The predicted molar refractivity (Wildman–Crippen MR) is 67.8 cm³/mol. The average molecular weight is 259 g/mol. The fraction of sp³-hybridized carbons (Fsp3) is 0.0909. The van der Waals surface area contributed by atoms with E-state index >= 15 is 0 Å². The first-order valence-electron chi connectivity index (χ1n) is 5.20. The second kappa shape index (κ2) is 4.19. The van der Waals surface area contributed by atoms with Crippen molar-refractivity contribution in [2.75, 3.05) is 5.73 Å². The molecule has 2 N–H and O–H groups in total. The molecule has 0 saturated heterocycles. The highest BCUT2D eigenvalue weighted by Gasteiger charge is 2.14. The number of hydrogen-bond acceptors (Lipinski definition) is 7. The molecule has 0 atom stereocenters. The third kappa shape index (κ3) is 1.84. The number of aromatic nitrogens is 4. The Morgan fingerprint density at radius 1 is 1.33 bits per heavy atom. The van der Waals surface area contributed by atoms with Crippen LogP contribution in [0.2, 0.25) is 0 Å². The van der Waals surface area contributed by atoms with Crippen molar-refractivity contribution >= 4 is 16.5 Å². The molecule has 0 saturated carbocycles. The summed E-state index contributed by atoms with van der Waals surface area (Å²) < 4.78 is 5.17. The first-order chi connectivity index (χ1) is 8.74. The standard InChI is InChI=1S/C11H9N5OS/c1-6-2-3-13-4-7(6)9-15-10(17-16-9)8-5-18-11(12)14-8/h2-5H,1H3,(H2,12,14). The lowest BCUT2D eigenvalue weighted by Gasteiger charge is -1.96. The van der Waals surface area contributed by atoms with Crippen LogP contribution in [0.4, 0.5) is 5.13 Å². The minimum Gasteiger partial charge on any atom is -0.375 e. The van der Waals surface area contributed by atoms with Gasteiger partial charge in [0.05, 0.1) is 0 Å². The van der Waals surface area contributed by atoms with E-state index in [-0.39, 0.29) is 0 Å². The zero-order chi connectivity index (χ0) is 12.5. The Hall–Kier alpha value is -2.28. The molecule has 18 heavy (non-hydrogen) atoms. The molecule has 0 radical (unpaired) electrons. The van der Waals surface area contributed by atoms with Crippen molar-refractivity contribution in [3.8, 4) is 23.0 Å². The lowest BCUT2D eigenvalue weighted by Crippen LogP contribution is -1.87. The molecular weight excluding hydrogens is 250 g/mol. The van der Waals surface area contributed by atoms with E-state index in [0.717, 1.165) is 11.1 Å². The molecule has 0 aliphatic rings. The quantitative estimate of drug-likeness (QED) is 0.758. The van der Waals surface area contributed by atoms with Gasteiger partial charge in [0.15, 0.2) is 5.13 Å². The molecular formula is C11H9N5OS. The number of hydrogen-bond donors (Lipinski definition) is 1. The van der Waals surface area contributed by atoms with Crippen LogP contribution in [0.25, 0.3) is 23.0 Å². The molecule has 7 heteroatoms. The molecule has 3 aromatic heterocycles. The maximum Gasteiger partial charge on any atom is 0.277 e. The van der Waals surface area contributed by atoms with Crippen molar-refractivity contribution in [2.45, 2.75) is 6.92 Å². The van der Waals surface area contributed by atoms with Gasteiger partial charge >= 0.3 is 0 Å². The van der Waals surface area contributed by atoms with E-state index in [0.29, 0.717) is 22.5 Å². The summed E-state index contributed by atoms with van der Waals surface area (Å²) in [4.78, 5) is 12.4. The Labute approximate surface area is 107 Å². The molecule has 0 aromatic carbocycles. The highest BCUT2D eigenvalue weighted by Crippen LogP contribution is 2.25. The van der Waals surface area contributed by atoms with Gasteiger partial charge in [0.1, 0.15) is 5.69 Å². The van der Waals surface area contributed by atoms with Crippen molar-refractivity contribution in [3.05, 3.63) is 29.4 Å². The normalized spacial score (nSPS) is 10.7. The summed E-state index contributed by atoms with van der Waals surface area (Å²) in [6, 6.07) is 1.90. The summed E-state index contributed by atoms with van der Waals surface area (Å²) in [7, 11) is 0. The molecule has 0 amide bonds. The summed E-state index contributed by atoms with van der Waals surface area (Å²) in [5.74, 6) is 0.864. The molecule has 0 fully saturated rings. The molecule has 3 heterocycles. The van der Waals surface area contributed by atoms with Crippen LogP contribution in [-0.4, -0.2) is 20.1 Å². The molecule has 0 unspecified atom stereocenters. The van der Waals surface area contributed by atoms with Gasteiger partial charge in [-0.3, -0.25) is 4.98 Å². The van der Waals surface area contributed by atoms with Crippen LogP contribution in [0.15, 0.2) is 28.4 Å². The molecule has 0 aliphatic carbocycles. The molecule has 90 valence electrons. The number of aryl methyl sites for hydroxylation is 1. The number of anilines is 1. The molecule has 3 aromatic rings. The van der Waals surface area contributed by atoms with Crippen LogP contribution in [0.5, 0.6) is 0 Å². The Bertz CT molecular complexity index is 690. The summed E-state index contributed by atoms with van der Waals surface area (Å²) >= 11 is 1.33. The van der Waals surface area contributed by atoms with E-state index < -0.39 is 0 Å². The van der Waals surface area contributed by atoms with E-state index in [2.05, 4.69) is 20.1 Å². The second-order valence-electron chi connectivity index (χ2n) is 3.68. The van der Waals surface area contributed by atoms with Gasteiger partial charge in [-0.2, -0.15) is 4.98 Å². The number of nitrogens with two attached hydrogens (primary N) is 1. The Balaban J connectivity index is 2.02.